The summed E-state index contributed by atoms with van der Waals surface area (Å²) in [5.41, 5.74) is 0.0505. The van der Waals surface area contributed by atoms with Gasteiger partial charge in [0.1, 0.15) is 11.9 Å². The SMILES string of the molecule is O=[N+]([O-])c1ccccc1C(Cc1ccccc1O)OP(=O)(O)O. The third kappa shape index (κ3) is 4.61. The molecule has 9 heteroatoms. The van der Waals surface area contributed by atoms with E-state index in [-0.39, 0.29) is 23.4 Å². The molecule has 0 heterocycles. The molecule has 1 unspecified atom stereocenters. The Kier molecular flexibility index (Phi) is 5.12. The van der Waals surface area contributed by atoms with Crippen LogP contribution in [-0.2, 0) is 15.5 Å². The molecule has 0 aliphatic heterocycles. The number of phenols is 1. The lowest BCUT2D eigenvalue weighted by molar-refractivity contribution is -0.386. The first-order valence-electron chi connectivity index (χ1n) is 6.52. The molecule has 0 aliphatic carbocycles. The fourth-order valence-electron chi connectivity index (χ4n) is 2.18. The van der Waals surface area contributed by atoms with Crippen LogP contribution in [0.2, 0.25) is 0 Å². The van der Waals surface area contributed by atoms with E-state index in [1.165, 1.54) is 30.3 Å². The maximum absolute atomic E-state index is 11.2. The molecule has 2 rings (SSSR count). The number of para-hydroxylation sites is 2. The Morgan fingerprint density at radius 2 is 1.74 bits per heavy atom. The third-order valence-electron chi connectivity index (χ3n) is 3.14. The normalized spacial score (nSPS) is 12.8. The highest BCUT2D eigenvalue weighted by Gasteiger charge is 2.29. The molecule has 1 atom stereocenters. The van der Waals surface area contributed by atoms with Crippen LogP contribution in [0.25, 0.3) is 0 Å². The Morgan fingerprint density at radius 1 is 1.13 bits per heavy atom. The summed E-state index contributed by atoms with van der Waals surface area (Å²) < 4.78 is 15.9. The van der Waals surface area contributed by atoms with E-state index in [2.05, 4.69) is 0 Å². The molecule has 0 saturated carbocycles. The van der Waals surface area contributed by atoms with E-state index >= 15 is 0 Å². The average Bonchev–Trinajstić information content (AvgIpc) is 2.47. The number of rotatable bonds is 6. The predicted octanol–water partition coefficient (Wildman–Crippen LogP) is 2.69. The Bertz CT molecular complexity index is 758. The van der Waals surface area contributed by atoms with Crippen molar-refractivity contribution in [3.8, 4) is 5.75 Å². The largest absolute Gasteiger partial charge is 0.508 e. The first-order chi connectivity index (χ1) is 10.8. The Morgan fingerprint density at radius 3 is 2.35 bits per heavy atom. The molecule has 0 bridgehead atoms. The van der Waals surface area contributed by atoms with E-state index in [0.717, 1.165) is 0 Å². The molecule has 0 fully saturated rings. The van der Waals surface area contributed by atoms with Crippen molar-refractivity contribution in [1.82, 2.24) is 0 Å². The third-order valence-corrected chi connectivity index (χ3v) is 3.67. The van der Waals surface area contributed by atoms with Crippen LogP contribution in [0.15, 0.2) is 48.5 Å². The molecule has 0 amide bonds. The summed E-state index contributed by atoms with van der Waals surface area (Å²) in [6.45, 7) is 0. The van der Waals surface area contributed by atoms with Crippen LogP contribution in [0.4, 0.5) is 5.69 Å². The number of hydrogen-bond donors (Lipinski definition) is 3. The van der Waals surface area contributed by atoms with E-state index < -0.39 is 18.8 Å². The van der Waals surface area contributed by atoms with Crippen molar-refractivity contribution < 1.29 is 28.9 Å². The molecule has 0 spiro atoms. The van der Waals surface area contributed by atoms with Gasteiger partial charge in [0.15, 0.2) is 0 Å². The quantitative estimate of drug-likeness (QED) is 0.419. The zero-order chi connectivity index (χ0) is 17.0. The van der Waals surface area contributed by atoms with E-state index in [0.29, 0.717) is 5.56 Å². The van der Waals surface area contributed by atoms with Crippen LogP contribution in [-0.4, -0.2) is 19.8 Å². The molecule has 8 nitrogen and oxygen atoms in total. The van der Waals surface area contributed by atoms with E-state index in [9.17, 15) is 19.8 Å². The second-order valence-electron chi connectivity index (χ2n) is 4.73. The van der Waals surface area contributed by atoms with Gasteiger partial charge in [-0.05, 0) is 17.7 Å². The van der Waals surface area contributed by atoms with Gasteiger partial charge in [-0.15, -0.1) is 0 Å². The molecular weight excluding hydrogens is 325 g/mol. The number of phosphoric ester groups is 1. The minimum absolute atomic E-state index is 0.0177. The van der Waals surface area contributed by atoms with E-state index in [4.69, 9.17) is 14.3 Å². The van der Waals surface area contributed by atoms with Crippen molar-refractivity contribution in [2.45, 2.75) is 12.5 Å². The lowest BCUT2D eigenvalue weighted by atomic mass is 9.99. The Balaban J connectivity index is 2.45. The van der Waals surface area contributed by atoms with Crippen molar-refractivity contribution >= 4 is 13.5 Å². The minimum Gasteiger partial charge on any atom is -0.508 e. The van der Waals surface area contributed by atoms with E-state index in [1.54, 1.807) is 18.2 Å². The lowest BCUT2D eigenvalue weighted by Crippen LogP contribution is -2.09. The molecule has 122 valence electrons. The van der Waals surface area contributed by atoms with Gasteiger partial charge in [0.2, 0.25) is 0 Å². The highest BCUT2D eigenvalue weighted by atomic mass is 31.2. The number of phenolic OH excluding ortho intramolecular Hbond substituents is 1. The molecule has 0 aliphatic rings. The van der Waals surface area contributed by atoms with Gasteiger partial charge < -0.3 is 14.9 Å². The van der Waals surface area contributed by atoms with Crippen molar-refractivity contribution in [3.63, 3.8) is 0 Å². The zero-order valence-electron chi connectivity index (χ0n) is 11.8. The fourth-order valence-corrected chi connectivity index (χ4v) is 2.70. The standard InChI is InChI=1S/C14H14NO7P/c16-13-8-4-1-5-10(13)9-14(22-23(19,20)21)11-6-2-3-7-12(11)15(17)18/h1-8,14,16H,9H2,(H2,19,20,21). The maximum Gasteiger partial charge on any atom is 0.470 e. The van der Waals surface area contributed by atoms with Gasteiger partial charge in [-0.3, -0.25) is 14.6 Å². The monoisotopic (exact) mass is 339 g/mol. The van der Waals surface area contributed by atoms with Crippen LogP contribution >= 0.6 is 7.82 Å². The summed E-state index contributed by atoms with van der Waals surface area (Å²) in [4.78, 5) is 28.6. The molecule has 3 N–H and O–H groups in total. The van der Waals surface area contributed by atoms with Crippen LogP contribution in [0.5, 0.6) is 5.75 Å². The summed E-state index contributed by atoms with van der Waals surface area (Å²) in [5.74, 6) is -0.0922. The predicted molar refractivity (Wildman–Crippen MR) is 80.8 cm³/mol. The molecule has 2 aromatic rings. The summed E-state index contributed by atoms with van der Waals surface area (Å²) >= 11 is 0. The molecular formula is C14H14NO7P. The zero-order valence-corrected chi connectivity index (χ0v) is 12.7. The highest BCUT2D eigenvalue weighted by molar-refractivity contribution is 7.46. The summed E-state index contributed by atoms with van der Waals surface area (Å²) in [6, 6.07) is 11.7. The van der Waals surface area contributed by atoms with Gasteiger partial charge in [-0.25, -0.2) is 4.57 Å². The first-order valence-corrected chi connectivity index (χ1v) is 8.05. The molecule has 0 radical (unpaired) electrons. The van der Waals surface area contributed by atoms with Gasteiger partial charge in [0.25, 0.3) is 5.69 Å². The van der Waals surface area contributed by atoms with Crippen molar-refractivity contribution in [2.24, 2.45) is 0 Å². The number of nitrogens with zero attached hydrogens (tertiary/aromatic N) is 1. The number of nitro groups is 1. The minimum atomic E-state index is -4.89. The van der Waals surface area contributed by atoms with Crippen LogP contribution in [0.3, 0.4) is 0 Å². The topological polar surface area (TPSA) is 130 Å². The van der Waals surface area contributed by atoms with Crippen molar-refractivity contribution in [2.75, 3.05) is 0 Å². The summed E-state index contributed by atoms with van der Waals surface area (Å²) in [6.07, 6.45) is -1.42. The Labute approximate surface area is 131 Å². The van der Waals surface area contributed by atoms with Gasteiger partial charge in [0, 0.05) is 12.5 Å². The van der Waals surface area contributed by atoms with Crippen LogP contribution < -0.4 is 0 Å². The molecule has 0 aromatic heterocycles. The number of hydrogen-bond acceptors (Lipinski definition) is 5. The molecule has 23 heavy (non-hydrogen) atoms. The number of nitro benzene ring substituents is 1. The molecule has 2 aromatic carbocycles. The van der Waals surface area contributed by atoms with Gasteiger partial charge >= 0.3 is 7.82 Å². The van der Waals surface area contributed by atoms with Crippen molar-refractivity contribution in [3.05, 3.63) is 69.8 Å². The number of aromatic hydroxyl groups is 1. The van der Waals surface area contributed by atoms with E-state index in [1.807, 2.05) is 0 Å². The second kappa shape index (κ2) is 6.89. The summed E-state index contributed by atoms with van der Waals surface area (Å²) in [5, 5.41) is 20.9. The van der Waals surface area contributed by atoms with Gasteiger partial charge in [0.05, 0.1) is 10.5 Å². The second-order valence-corrected chi connectivity index (χ2v) is 5.93. The van der Waals surface area contributed by atoms with Gasteiger partial charge in [-0.1, -0.05) is 30.3 Å². The fraction of sp³-hybridized carbons (Fsp3) is 0.143. The summed E-state index contributed by atoms with van der Waals surface area (Å²) in [7, 11) is -4.89. The highest BCUT2D eigenvalue weighted by Crippen LogP contribution is 2.45. The maximum atomic E-state index is 11.2. The number of benzene rings is 2. The average molecular weight is 339 g/mol. The van der Waals surface area contributed by atoms with Crippen LogP contribution in [0, 0.1) is 10.1 Å². The first kappa shape index (κ1) is 17.1. The Hall–Kier alpha value is -2.25. The smallest absolute Gasteiger partial charge is 0.470 e. The lowest BCUT2D eigenvalue weighted by Gasteiger charge is -2.19. The van der Waals surface area contributed by atoms with Crippen molar-refractivity contribution in [1.29, 1.82) is 0 Å². The van der Waals surface area contributed by atoms with Gasteiger partial charge in [-0.2, -0.15) is 0 Å². The molecule has 0 saturated heterocycles. The number of phosphoric acid groups is 1. The van der Waals surface area contributed by atoms with Crippen LogP contribution in [0.1, 0.15) is 17.2 Å².